The summed E-state index contributed by atoms with van der Waals surface area (Å²) in [6.07, 6.45) is -0.601. The number of aryl methyl sites for hydroxylation is 1. The Kier molecular flexibility index (Phi) is 3.01. The van der Waals surface area contributed by atoms with E-state index in [9.17, 15) is 9.90 Å². The highest BCUT2D eigenvalue weighted by Gasteiger charge is 2.41. The van der Waals surface area contributed by atoms with Crippen molar-refractivity contribution in [3.63, 3.8) is 0 Å². The molecule has 0 radical (unpaired) electrons. The molecule has 0 saturated carbocycles. The Labute approximate surface area is 116 Å². The fraction of sp³-hybridized carbons (Fsp3) is 0.357. The summed E-state index contributed by atoms with van der Waals surface area (Å²) < 4.78 is 2.08. The van der Waals surface area contributed by atoms with E-state index in [0.717, 1.165) is 22.2 Å². The van der Waals surface area contributed by atoms with Crippen molar-refractivity contribution in [3.05, 3.63) is 35.5 Å². The quantitative estimate of drug-likeness (QED) is 0.644. The number of carbonyl (C=O) groups is 1. The van der Waals surface area contributed by atoms with Crippen LogP contribution in [0.25, 0.3) is 10.9 Å². The number of nitrogens with two attached hydrogens (primary N) is 1. The summed E-state index contributed by atoms with van der Waals surface area (Å²) in [6.45, 7) is 2.00. The Balaban J connectivity index is 2.20. The fourth-order valence-corrected chi connectivity index (χ4v) is 3.06. The van der Waals surface area contributed by atoms with Crippen LogP contribution in [0.2, 0.25) is 0 Å². The molecule has 2 aromatic rings. The van der Waals surface area contributed by atoms with Crippen molar-refractivity contribution in [1.29, 1.82) is 0 Å². The molecule has 1 aliphatic heterocycles. The van der Waals surface area contributed by atoms with Crippen LogP contribution >= 0.6 is 0 Å². The number of rotatable bonds is 2. The predicted octanol–water partition coefficient (Wildman–Crippen LogP) is 0.621. The standard InChI is InChI=1S/C14H18N4O2/c1-7-10(8-5-3-4-6-9(8)18(7)2)12-11(14(19)20)13(15)17-16-12/h3-6,11-13,16-17H,15H2,1-2H3,(H,19,20). The lowest BCUT2D eigenvalue weighted by atomic mass is 9.91. The van der Waals surface area contributed by atoms with Gasteiger partial charge in [-0.15, -0.1) is 0 Å². The van der Waals surface area contributed by atoms with Crippen LogP contribution in [0.15, 0.2) is 24.3 Å². The Morgan fingerprint density at radius 3 is 2.75 bits per heavy atom. The van der Waals surface area contributed by atoms with Crippen molar-refractivity contribution in [2.75, 3.05) is 0 Å². The van der Waals surface area contributed by atoms with E-state index in [1.165, 1.54) is 0 Å². The van der Waals surface area contributed by atoms with Gasteiger partial charge in [0.15, 0.2) is 0 Å². The lowest BCUT2D eigenvalue weighted by molar-refractivity contribution is -0.142. The van der Waals surface area contributed by atoms with Gasteiger partial charge in [0.05, 0.1) is 12.2 Å². The number of nitrogens with zero attached hydrogens (tertiary/aromatic N) is 1. The smallest absolute Gasteiger partial charge is 0.311 e. The van der Waals surface area contributed by atoms with E-state index >= 15 is 0 Å². The van der Waals surface area contributed by atoms with Gasteiger partial charge in [-0.3, -0.25) is 4.79 Å². The lowest BCUT2D eigenvalue weighted by Gasteiger charge is -2.17. The molecule has 0 bridgehead atoms. The molecular weight excluding hydrogens is 256 g/mol. The fourth-order valence-electron chi connectivity index (χ4n) is 3.06. The van der Waals surface area contributed by atoms with E-state index in [-0.39, 0.29) is 6.04 Å². The van der Waals surface area contributed by atoms with Crippen LogP contribution in [-0.4, -0.2) is 21.8 Å². The number of aliphatic carboxylic acids is 1. The molecule has 20 heavy (non-hydrogen) atoms. The van der Waals surface area contributed by atoms with Gasteiger partial charge in [0.2, 0.25) is 0 Å². The summed E-state index contributed by atoms with van der Waals surface area (Å²) in [5, 5.41) is 10.5. The number of hydrogen-bond acceptors (Lipinski definition) is 4. The zero-order valence-electron chi connectivity index (χ0n) is 11.4. The Morgan fingerprint density at radius 1 is 1.35 bits per heavy atom. The van der Waals surface area contributed by atoms with Crippen molar-refractivity contribution in [3.8, 4) is 0 Å². The average Bonchev–Trinajstić information content (AvgIpc) is 2.90. The molecule has 2 heterocycles. The average molecular weight is 274 g/mol. The largest absolute Gasteiger partial charge is 0.481 e. The van der Waals surface area contributed by atoms with Crippen molar-refractivity contribution in [2.45, 2.75) is 19.1 Å². The molecule has 0 aliphatic carbocycles. The SMILES string of the molecule is Cc1c(C2NNC(N)C2C(=O)O)c2ccccc2n1C. The molecule has 3 unspecified atom stereocenters. The molecule has 5 N–H and O–H groups in total. The summed E-state index contributed by atoms with van der Waals surface area (Å²) in [5.74, 6) is -1.59. The number of hydrogen-bond donors (Lipinski definition) is 4. The maximum Gasteiger partial charge on any atom is 0.311 e. The monoisotopic (exact) mass is 274 g/mol. The second-order valence-corrected chi connectivity index (χ2v) is 5.23. The van der Waals surface area contributed by atoms with Gasteiger partial charge in [-0.05, 0) is 18.6 Å². The van der Waals surface area contributed by atoms with Crippen LogP contribution in [0.3, 0.4) is 0 Å². The Hall–Kier alpha value is -1.89. The van der Waals surface area contributed by atoms with E-state index in [1.54, 1.807) is 0 Å². The number of aromatic nitrogens is 1. The van der Waals surface area contributed by atoms with Gasteiger partial charge >= 0.3 is 5.97 Å². The Morgan fingerprint density at radius 2 is 2.05 bits per heavy atom. The summed E-state index contributed by atoms with van der Waals surface area (Å²) >= 11 is 0. The molecule has 3 rings (SSSR count). The topological polar surface area (TPSA) is 92.3 Å². The van der Waals surface area contributed by atoms with Crippen LogP contribution in [0.1, 0.15) is 17.3 Å². The van der Waals surface area contributed by atoms with Crippen LogP contribution < -0.4 is 16.6 Å². The highest BCUT2D eigenvalue weighted by atomic mass is 16.4. The number of carboxylic acid groups (broad SMARTS) is 1. The molecule has 3 atom stereocenters. The number of hydrazine groups is 1. The van der Waals surface area contributed by atoms with Crippen LogP contribution in [-0.2, 0) is 11.8 Å². The minimum Gasteiger partial charge on any atom is -0.481 e. The van der Waals surface area contributed by atoms with Gasteiger partial charge in [0, 0.05) is 23.6 Å². The molecule has 1 aromatic heterocycles. The maximum absolute atomic E-state index is 11.5. The summed E-state index contributed by atoms with van der Waals surface area (Å²) in [4.78, 5) is 11.5. The number of nitrogens with one attached hydrogen (secondary N) is 2. The Bertz CT molecular complexity index is 679. The molecule has 106 valence electrons. The highest BCUT2D eigenvalue weighted by Crippen LogP contribution is 2.36. The second kappa shape index (κ2) is 4.59. The molecule has 0 spiro atoms. The second-order valence-electron chi connectivity index (χ2n) is 5.23. The minimum atomic E-state index is -0.896. The normalized spacial score (nSPS) is 26.2. The first-order valence-electron chi connectivity index (χ1n) is 6.55. The summed E-state index contributed by atoms with van der Waals surface area (Å²) in [5.41, 5.74) is 14.8. The molecule has 1 fully saturated rings. The van der Waals surface area contributed by atoms with E-state index in [0.29, 0.717) is 0 Å². The molecular formula is C14H18N4O2. The zero-order chi connectivity index (χ0) is 14.4. The van der Waals surface area contributed by atoms with Gasteiger partial charge in [0.25, 0.3) is 0 Å². The molecule has 0 amide bonds. The van der Waals surface area contributed by atoms with Crippen molar-refractivity contribution in [1.82, 2.24) is 15.4 Å². The first kappa shape index (κ1) is 13.1. The maximum atomic E-state index is 11.5. The van der Waals surface area contributed by atoms with E-state index in [1.807, 2.05) is 38.2 Å². The highest BCUT2D eigenvalue weighted by molar-refractivity contribution is 5.87. The van der Waals surface area contributed by atoms with Gasteiger partial charge in [0.1, 0.15) is 5.92 Å². The van der Waals surface area contributed by atoms with Gasteiger partial charge < -0.3 is 15.4 Å². The van der Waals surface area contributed by atoms with E-state index in [2.05, 4.69) is 15.4 Å². The first-order chi connectivity index (χ1) is 9.52. The molecule has 6 heteroatoms. The molecule has 1 aromatic carbocycles. The van der Waals surface area contributed by atoms with Gasteiger partial charge in [-0.1, -0.05) is 18.2 Å². The molecule has 1 aliphatic rings. The summed E-state index contributed by atoms with van der Waals surface area (Å²) in [6, 6.07) is 7.65. The minimum absolute atomic E-state index is 0.339. The molecule has 1 saturated heterocycles. The van der Waals surface area contributed by atoms with Crippen molar-refractivity contribution in [2.24, 2.45) is 18.7 Å². The van der Waals surface area contributed by atoms with Crippen LogP contribution in [0.5, 0.6) is 0 Å². The number of benzene rings is 1. The zero-order valence-corrected chi connectivity index (χ0v) is 11.4. The van der Waals surface area contributed by atoms with Crippen molar-refractivity contribution < 1.29 is 9.90 Å². The van der Waals surface area contributed by atoms with Gasteiger partial charge in [-0.2, -0.15) is 0 Å². The van der Waals surface area contributed by atoms with Crippen LogP contribution in [0, 0.1) is 12.8 Å². The van der Waals surface area contributed by atoms with Crippen molar-refractivity contribution >= 4 is 16.9 Å². The number of carboxylic acids is 1. The first-order valence-corrected chi connectivity index (χ1v) is 6.55. The predicted molar refractivity (Wildman–Crippen MR) is 75.8 cm³/mol. The van der Waals surface area contributed by atoms with Gasteiger partial charge in [-0.25, -0.2) is 10.9 Å². The number of fused-ring (bicyclic) bond motifs is 1. The third-order valence-corrected chi connectivity index (χ3v) is 4.20. The van der Waals surface area contributed by atoms with E-state index in [4.69, 9.17) is 5.73 Å². The molecule has 6 nitrogen and oxygen atoms in total. The van der Waals surface area contributed by atoms with Crippen LogP contribution in [0.4, 0.5) is 0 Å². The number of para-hydroxylation sites is 1. The third-order valence-electron chi connectivity index (χ3n) is 4.20. The van der Waals surface area contributed by atoms with E-state index < -0.39 is 18.1 Å². The third kappa shape index (κ3) is 1.73. The summed E-state index contributed by atoms with van der Waals surface area (Å²) in [7, 11) is 1.99. The lowest BCUT2D eigenvalue weighted by Crippen LogP contribution is -2.41.